The number of aromatic amines is 1. The number of carbonyl (C=O) groups is 1. The van der Waals surface area contributed by atoms with E-state index in [9.17, 15) is 4.79 Å². The first-order chi connectivity index (χ1) is 8.24. The van der Waals surface area contributed by atoms with Crippen LogP contribution in [0.1, 0.15) is 47.7 Å². The van der Waals surface area contributed by atoms with Crippen LogP contribution in [0.5, 0.6) is 0 Å². The summed E-state index contributed by atoms with van der Waals surface area (Å²) in [4.78, 5) is 14.3. The minimum atomic E-state index is -0.865. The lowest BCUT2D eigenvalue weighted by atomic mass is 10.0. The number of benzene rings is 1. The number of H-pyrrole nitrogens is 1. The smallest absolute Gasteiger partial charge is 0.335 e. The van der Waals surface area contributed by atoms with Gasteiger partial charge in [0.05, 0.1) is 5.56 Å². The Morgan fingerprint density at radius 2 is 2.00 bits per heavy atom. The zero-order valence-electron chi connectivity index (χ0n) is 9.57. The summed E-state index contributed by atoms with van der Waals surface area (Å²) in [5.74, 6) is -0.230. The largest absolute Gasteiger partial charge is 0.478 e. The molecule has 1 aliphatic carbocycles. The highest BCUT2D eigenvalue weighted by molar-refractivity contribution is 5.93. The van der Waals surface area contributed by atoms with E-state index in [0.717, 1.165) is 10.9 Å². The predicted octanol–water partition coefficient (Wildman–Crippen LogP) is 3.52. The van der Waals surface area contributed by atoms with E-state index in [1.165, 1.54) is 31.4 Å². The molecule has 1 saturated carbocycles. The van der Waals surface area contributed by atoms with Gasteiger partial charge in [-0.1, -0.05) is 12.8 Å². The predicted molar refractivity (Wildman–Crippen MR) is 66.5 cm³/mol. The van der Waals surface area contributed by atoms with Crippen LogP contribution in [0, 0.1) is 0 Å². The minimum absolute atomic E-state index is 0.356. The highest BCUT2D eigenvalue weighted by atomic mass is 16.4. The van der Waals surface area contributed by atoms with Crippen molar-refractivity contribution < 1.29 is 9.90 Å². The lowest BCUT2D eigenvalue weighted by Gasteiger charge is -2.04. The molecule has 3 heteroatoms. The summed E-state index contributed by atoms with van der Waals surface area (Å²) in [7, 11) is 0. The van der Waals surface area contributed by atoms with Crippen LogP contribution in [0.15, 0.2) is 24.3 Å². The number of hydrogen-bond donors (Lipinski definition) is 2. The number of hydrogen-bond acceptors (Lipinski definition) is 1. The molecule has 0 radical (unpaired) electrons. The molecule has 17 heavy (non-hydrogen) atoms. The van der Waals surface area contributed by atoms with Crippen LogP contribution in [0.2, 0.25) is 0 Å². The van der Waals surface area contributed by atoms with Crippen molar-refractivity contribution in [1.29, 1.82) is 0 Å². The highest BCUT2D eigenvalue weighted by Gasteiger charge is 2.19. The number of carboxylic acid groups (broad SMARTS) is 1. The zero-order valence-corrected chi connectivity index (χ0v) is 9.57. The molecule has 1 heterocycles. The molecule has 3 nitrogen and oxygen atoms in total. The van der Waals surface area contributed by atoms with Gasteiger partial charge in [-0.05, 0) is 43.0 Å². The second kappa shape index (κ2) is 3.91. The van der Waals surface area contributed by atoms with E-state index in [-0.39, 0.29) is 0 Å². The van der Waals surface area contributed by atoms with Gasteiger partial charge in [-0.2, -0.15) is 0 Å². The van der Waals surface area contributed by atoms with Gasteiger partial charge >= 0.3 is 5.97 Å². The monoisotopic (exact) mass is 229 g/mol. The summed E-state index contributed by atoms with van der Waals surface area (Å²) in [5, 5.41) is 9.96. The molecule has 0 saturated heterocycles. The molecule has 0 aliphatic heterocycles. The number of nitrogens with one attached hydrogen (secondary N) is 1. The summed E-state index contributed by atoms with van der Waals surface area (Å²) >= 11 is 0. The molecule has 0 unspecified atom stereocenters. The maximum absolute atomic E-state index is 10.9. The Hall–Kier alpha value is -1.77. The van der Waals surface area contributed by atoms with E-state index in [1.54, 1.807) is 12.1 Å². The summed E-state index contributed by atoms with van der Waals surface area (Å²) in [6.07, 6.45) is 5.11. The van der Waals surface area contributed by atoms with Crippen LogP contribution in [0.4, 0.5) is 0 Å². The number of fused-ring (bicyclic) bond motifs is 1. The fourth-order valence-electron chi connectivity index (χ4n) is 2.74. The van der Waals surface area contributed by atoms with Gasteiger partial charge in [-0.25, -0.2) is 4.79 Å². The average Bonchev–Trinajstić information content (AvgIpc) is 2.96. The lowest BCUT2D eigenvalue weighted by Crippen LogP contribution is -1.94. The summed E-state index contributed by atoms with van der Waals surface area (Å²) < 4.78 is 0. The first kappa shape index (κ1) is 10.4. The topological polar surface area (TPSA) is 53.1 Å². The number of aromatic nitrogens is 1. The molecule has 0 amide bonds. The van der Waals surface area contributed by atoms with Crippen molar-refractivity contribution >= 4 is 16.9 Å². The summed E-state index contributed by atoms with van der Waals surface area (Å²) in [5.41, 5.74) is 2.66. The number of carboxylic acids is 1. The SMILES string of the molecule is O=C(O)c1ccc2[nH]c(C3CCCC3)cc2c1. The molecule has 2 N–H and O–H groups in total. The molecule has 1 aromatic heterocycles. The molecule has 1 fully saturated rings. The van der Waals surface area contributed by atoms with E-state index in [4.69, 9.17) is 5.11 Å². The minimum Gasteiger partial charge on any atom is -0.478 e. The third kappa shape index (κ3) is 1.82. The van der Waals surface area contributed by atoms with Crippen LogP contribution in [-0.2, 0) is 0 Å². The van der Waals surface area contributed by atoms with Gasteiger partial charge in [0.25, 0.3) is 0 Å². The van der Waals surface area contributed by atoms with Crippen molar-refractivity contribution in [1.82, 2.24) is 4.98 Å². The first-order valence-electron chi connectivity index (χ1n) is 6.10. The van der Waals surface area contributed by atoms with Crippen molar-refractivity contribution in [3.63, 3.8) is 0 Å². The molecular formula is C14H15NO2. The molecule has 0 bridgehead atoms. The Morgan fingerprint density at radius 3 is 2.71 bits per heavy atom. The normalized spacial score (nSPS) is 16.7. The molecular weight excluding hydrogens is 214 g/mol. The molecule has 88 valence electrons. The van der Waals surface area contributed by atoms with E-state index in [0.29, 0.717) is 11.5 Å². The van der Waals surface area contributed by atoms with Crippen molar-refractivity contribution in [3.8, 4) is 0 Å². The van der Waals surface area contributed by atoms with E-state index >= 15 is 0 Å². The molecule has 0 atom stereocenters. The Labute approximate surface area is 99.5 Å². The van der Waals surface area contributed by atoms with Gasteiger partial charge in [0.15, 0.2) is 0 Å². The Kier molecular flexibility index (Phi) is 2.39. The fourth-order valence-corrected chi connectivity index (χ4v) is 2.74. The quantitative estimate of drug-likeness (QED) is 0.827. The van der Waals surface area contributed by atoms with Gasteiger partial charge in [-0.3, -0.25) is 0 Å². The summed E-state index contributed by atoms with van der Waals surface area (Å²) in [6, 6.07) is 7.36. The highest BCUT2D eigenvalue weighted by Crippen LogP contribution is 2.35. The van der Waals surface area contributed by atoms with Crippen molar-refractivity contribution in [2.45, 2.75) is 31.6 Å². The average molecular weight is 229 g/mol. The molecule has 3 rings (SSSR count). The van der Waals surface area contributed by atoms with Gasteiger partial charge < -0.3 is 10.1 Å². The second-order valence-corrected chi connectivity index (χ2v) is 4.81. The van der Waals surface area contributed by atoms with E-state index < -0.39 is 5.97 Å². The van der Waals surface area contributed by atoms with Crippen molar-refractivity contribution in [2.24, 2.45) is 0 Å². The van der Waals surface area contributed by atoms with Gasteiger partial charge in [0, 0.05) is 16.6 Å². The van der Waals surface area contributed by atoms with E-state index in [2.05, 4.69) is 11.1 Å². The number of aromatic carboxylic acids is 1. The third-order valence-corrected chi connectivity index (χ3v) is 3.68. The summed E-state index contributed by atoms with van der Waals surface area (Å²) in [6.45, 7) is 0. The Morgan fingerprint density at radius 1 is 1.24 bits per heavy atom. The Balaban J connectivity index is 2.03. The molecule has 0 spiro atoms. The zero-order chi connectivity index (χ0) is 11.8. The van der Waals surface area contributed by atoms with Crippen molar-refractivity contribution in [2.75, 3.05) is 0 Å². The maximum Gasteiger partial charge on any atom is 0.335 e. The number of rotatable bonds is 2. The first-order valence-corrected chi connectivity index (χ1v) is 6.10. The standard InChI is InChI=1S/C14H15NO2/c16-14(17)10-5-6-12-11(7-10)8-13(15-12)9-3-1-2-4-9/h5-9,15H,1-4H2,(H,16,17). The lowest BCUT2D eigenvalue weighted by molar-refractivity contribution is 0.0697. The molecule has 1 aliphatic rings. The van der Waals surface area contributed by atoms with Crippen LogP contribution in [-0.4, -0.2) is 16.1 Å². The van der Waals surface area contributed by atoms with Gasteiger partial charge in [0.1, 0.15) is 0 Å². The van der Waals surface area contributed by atoms with Crippen LogP contribution < -0.4 is 0 Å². The Bertz CT molecular complexity index is 565. The third-order valence-electron chi connectivity index (χ3n) is 3.68. The van der Waals surface area contributed by atoms with Crippen molar-refractivity contribution in [3.05, 3.63) is 35.5 Å². The fraction of sp³-hybridized carbons (Fsp3) is 0.357. The molecule has 1 aromatic carbocycles. The van der Waals surface area contributed by atoms with Gasteiger partial charge in [0.2, 0.25) is 0 Å². The van der Waals surface area contributed by atoms with Crippen LogP contribution >= 0.6 is 0 Å². The maximum atomic E-state index is 10.9. The van der Waals surface area contributed by atoms with E-state index in [1.807, 2.05) is 6.07 Å². The molecule has 2 aromatic rings. The second-order valence-electron chi connectivity index (χ2n) is 4.81. The van der Waals surface area contributed by atoms with Crippen LogP contribution in [0.3, 0.4) is 0 Å². The van der Waals surface area contributed by atoms with Crippen LogP contribution in [0.25, 0.3) is 10.9 Å². The van der Waals surface area contributed by atoms with Gasteiger partial charge in [-0.15, -0.1) is 0 Å².